The van der Waals surface area contributed by atoms with Crippen LogP contribution in [0.3, 0.4) is 0 Å². The SMILES string of the molecule is COc1cnc(OC2CCN(c3cc(OC)ncn3)C2)nc1. The summed E-state index contributed by atoms with van der Waals surface area (Å²) < 4.78 is 15.9. The molecule has 8 heteroatoms. The van der Waals surface area contributed by atoms with Crippen LogP contribution in [-0.4, -0.2) is 53.3 Å². The normalized spacial score (nSPS) is 17.4. The van der Waals surface area contributed by atoms with Gasteiger partial charge in [0.1, 0.15) is 18.2 Å². The minimum Gasteiger partial charge on any atom is -0.494 e. The smallest absolute Gasteiger partial charge is 0.316 e. The third-order valence-electron chi connectivity index (χ3n) is 3.42. The highest BCUT2D eigenvalue weighted by molar-refractivity contribution is 5.42. The van der Waals surface area contributed by atoms with Gasteiger partial charge < -0.3 is 19.1 Å². The fraction of sp³-hybridized carbons (Fsp3) is 0.429. The quantitative estimate of drug-likeness (QED) is 0.807. The number of hydrogen-bond acceptors (Lipinski definition) is 8. The van der Waals surface area contributed by atoms with Gasteiger partial charge in [0, 0.05) is 19.0 Å². The summed E-state index contributed by atoms with van der Waals surface area (Å²) >= 11 is 0. The van der Waals surface area contributed by atoms with Crippen LogP contribution in [0.5, 0.6) is 17.6 Å². The van der Waals surface area contributed by atoms with E-state index in [2.05, 4.69) is 24.8 Å². The number of methoxy groups -OCH3 is 2. The fourth-order valence-electron chi connectivity index (χ4n) is 2.27. The van der Waals surface area contributed by atoms with Crippen molar-refractivity contribution in [2.75, 3.05) is 32.2 Å². The maximum atomic E-state index is 5.79. The first-order valence-corrected chi connectivity index (χ1v) is 6.92. The second kappa shape index (κ2) is 6.42. The lowest BCUT2D eigenvalue weighted by Gasteiger charge is -2.17. The zero-order valence-electron chi connectivity index (χ0n) is 12.5. The molecule has 1 atom stereocenters. The lowest BCUT2D eigenvalue weighted by Crippen LogP contribution is -2.25. The summed E-state index contributed by atoms with van der Waals surface area (Å²) in [6.45, 7) is 1.57. The molecule has 1 unspecified atom stereocenters. The number of hydrogen-bond donors (Lipinski definition) is 0. The van der Waals surface area contributed by atoms with Crippen molar-refractivity contribution < 1.29 is 14.2 Å². The summed E-state index contributed by atoms with van der Waals surface area (Å²) in [4.78, 5) is 18.6. The molecule has 2 aromatic rings. The minimum atomic E-state index is 0.0226. The molecule has 2 aromatic heterocycles. The summed E-state index contributed by atoms with van der Waals surface area (Å²) in [6, 6.07) is 2.17. The monoisotopic (exact) mass is 303 g/mol. The number of ether oxygens (including phenoxy) is 3. The van der Waals surface area contributed by atoms with Gasteiger partial charge in [0.25, 0.3) is 0 Å². The van der Waals surface area contributed by atoms with Crippen molar-refractivity contribution in [1.82, 2.24) is 19.9 Å². The van der Waals surface area contributed by atoms with Crippen molar-refractivity contribution >= 4 is 5.82 Å². The summed E-state index contributed by atoms with van der Waals surface area (Å²) in [6.07, 6.45) is 5.57. The van der Waals surface area contributed by atoms with Crippen molar-refractivity contribution in [3.05, 3.63) is 24.8 Å². The topological polar surface area (TPSA) is 82.5 Å². The second-order valence-electron chi connectivity index (χ2n) is 4.80. The summed E-state index contributed by atoms with van der Waals surface area (Å²) in [5, 5.41) is 0. The number of nitrogens with zero attached hydrogens (tertiary/aromatic N) is 5. The average Bonchev–Trinajstić information content (AvgIpc) is 3.04. The van der Waals surface area contributed by atoms with Gasteiger partial charge in [-0.25, -0.2) is 9.97 Å². The van der Waals surface area contributed by atoms with Crippen LogP contribution in [0.2, 0.25) is 0 Å². The zero-order valence-corrected chi connectivity index (χ0v) is 12.5. The highest BCUT2D eigenvalue weighted by atomic mass is 16.5. The molecule has 1 aliphatic rings. The Morgan fingerprint density at radius 1 is 1.09 bits per heavy atom. The van der Waals surface area contributed by atoms with Crippen LogP contribution in [-0.2, 0) is 0 Å². The van der Waals surface area contributed by atoms with E-state index in [9.17, 15) is 0 Å². The summed E-state index contributed by atoms with van der Waals surface area (Å²) in [5.74, 6) is 1.98. The van der Waals surface area contributed by atoms with Gasteiger partial charge in [-0.15, -0.1) is 0 Å². The van der Waals surface area contributed by atoms with Crippen molar-refractivity contribution in [3.8, 4) is 17.6 Å². The van der Waals surface area contributed by atoms with Crippen LogP contribution in [0.25, 0.3) is 0 Å². The molecule has 0 aliphatic carbocycles. The van der Waals surface area contributed by atoms with Crippen LogP contribution in [0, 0.1) is 0 Å². The Kier molecular flexibility index (Phi) is 4.17. The second-order valence-corrected chi connectivity index (χ2v) is 4.80. The van der Waals surface area contributed by atoms with Gasteiger partial charge in [0.15, 0.2) is 5.75 Å². The first-order valence-electron chi connectivity index (χ1n) is 6.92. The standard InChI is InChI=1S/C14H17N5O3/c1-20-11-6-15-14(16-7-11)22-10-3-4-19(8-10)12-5-13(21-2)18-9-17-12/h5-7,9-10H,3-4,8H2,1-2H3. The Morgan fingerprint density at radius 2 is 1.91 bits per heavy atom. The molecule has 3 heterocycles. The van der Waals surface area contributed by atoms with E-state index in [1.54, 1.807) is 26.6 Å². The lowest BCUT2D eigenvalue weighted by molar-refractivity contribution is 0.205. The van der Waals surface area contributed by atoms with Crippen molar-refractivity contribution in [2.45, 2.75) is 12.5 Å². The van der Waals surface area contributed by atoms with Gasteiger partial charge in [-0.1, -0.05) is 0 Å². The highest BCUT2D eigenvalue weighted by Gasteiger charge is 2.26. The van der Waals surface area contributed by atoms with Crippen LogP contribution in [0.4, 0.5) is 5.82 Å². The van der Waals surface area contributed by atoms with Gasteiger partial charge in [-0.05, 0) is 0 Å². The molecule has 0 saturated carbocycles. The average molecular weight is 303 g/mol. The maximum absolute atomic E-state index is 5.79. The van der Waals surface area contributed by atoms with E-state index in [1.165, 1.54) is 6.33 Å². The molecule has 0 spiro atoms. The van der Waals surface area contributed by atoms with E-state index < -0.39 is 0 Å². The summed E-state index contributed by atoms with van der Waals surface area (Å²) in [5.41, 5.74) is 0. The number of aromatic nitrogens is 4. The van der Waals surface area contributed by atoms with Crippen LogP contribution in [0.1, 0.15) is 6.42 Å². The Labute approximate surface area is 128 Å². The molecule has 3 rings (SSSR count). The molecule has 1 fully saturated rings. The number of anilines is 1. The molecule has 0 bridgehead atoms. The molecule has 116 valence electrons. The molecule has 22 heavy (non-hydrogen) atoms. The maximum Gasteiger partial charge on any atom is 0.316 e. The number of rotatable bonds is 5. The van der Waals surface area contributed by atoms with Crippen LogP contribution >= 0.6 is 0 Å². The fourth-order valence-corrected chi connectivity index (χ4v) is 2.27. The molecule has 0 radical (unpaired) electrons. The minimum absolute atomic E-state index is 0.0226. The van der Waals surface area contributed by atoms with E-state index in [0.29, 0.717) is 17.6 Å². The van der Waals surface area contributed by atoms with Crippen LogP contribution in [0.15, 0.2) is 24.8 Å². The molecular weight excluding hydrogens is 286 g/mol. The van der Waals surface area contributed by atoms with Crippen LogP contribution < -0.4 is 19.1 Å². The van der Waals surface area contributed by atoms with Gasteiger partial charge in [-0.3, -0.25) is 0 Å². The van der Waals surface area contributed by atoms with Gasteiger partial charge in [-0.2, -0.15) is 9.97 Å². The molecular formula is C14H17N5O3. The van der Waals surface area contributed by atoms with Crippen molar-refractivity contribution in [1.29, 1.82) is 0 Å². The Bertz CT molecular complexity index is 622. The largest absolute Gasteiger partial charge is 0.494 e. The predicted molar refractivity (Wildman–Crippen MR) is 78.4 cm³/mol. The molecule has 1 aliphatic heterocycles. The lowest BCUT2D eigenvalue weighted by atomic mass is 10.3. The molecule has 8 nitrogen and oxygen atoms in total. The Hall–Kier alpha value is -2.64. The first-order chi connectivity index (χ1) is 10.8. The van der Waals surface area contributed by atoms with E-state index >= 15 is 0 Å². The Morgan fingerprint density at radius 3 is 2.64 bits per heavy atom. The van der Waals surface area contributed by atoms with Crippen molar-refractivity contribution in [2.24, 2.45) is 0 Å². The van der Waals surface area contributed by atoms with E-state index in [4.69, 9.17) is 14.2 Å². The van der Waals surface area contributed by atoms with Crippen molar-refractivity contribution in [3.63, 3.8) is 0 Å². The highest BCUT2D eigenvalue weighted by Crippen LogP contribution is 2.22. The first kappa shape index (κ1) is 14.3. The third-order valence-corrected chi connectivity index (χ3v) is 3.42. The van der Waals surface area contributed by atoms with E-state index in [1.807, 2.05) is 6.07 Å². The molecule has 1 saturated heterocycles. The van der Waals surface area contributed by atoms with E-state index in [0.717, 1.165) is 25.3 Å². The summed E-state index contributed by atoms with van der Waals surface area (Å²) in [7, 11) is 3.16. The molecule has 0 aromatic carbocycles. The van der Waals surface area contributed by atoms with Gasteiger partial charge >= 0.3 is 6.01 Å². The molecule has 0 amide bonds. The molecule has 0 N–H and O–H groups in total. The van der Waals surface area contributed by atoms with E-state index in [-0.39, 0.29) is 6.10 Å². The van der Waals surface area contributed by atoms with Gasteiger partial charge in [0.2, 0.25) is 5.88 Å². The Balaban J connectivity index is 1.61. The zero-order chi connectivity index (χ0) is 15.4. The third kappa shape index (κ3) is 3.16. The predicted octanol–water partition coefficient (Wildman–Crippen LogP) is 0.941. The van der Waals surface area contributed by atoms with Gasteiger partial charge in [0.05, 0.1) is 33.2 Å².